The van der Waals surface area contributed by atoms with Crippen LogP contribution in [0.3, 0.4) is 0 Å². The van der Waals surface area contributed by atoms with Crippen LogP contribution in [0.4, 0.5) is 5.88 Å². The van der Waals surface area contributed by atoms with E-state index >= 15 is 0 Å². The first-order valence-corrected chi connectivity index (χ1v) is 10.3. The molecule has 4 aromatic rings. The number of nitrogens with one attached hydrogen (secondary N) is 1. The van der Waals surface area contributed by atoms with Crippen molar-refractivity contribution in [3.8, 4) is 11.4 Å². The third-order valence-electron chi connectivity index (χ3n) is 4.70. The van der Waals surface area contributed by atoms with Gasteiger partial charge in [0.25, 0.3) is 5.56 Å². The summed E-state index contributed by atoms with van der Waals surface area (Å²) in [5.41, 5.74) is 2.11. The molecule has 0 spiro atoms. The fraction of sp³-hybridized carbons (Fsp3) is 0.263. The first kappa shape index (κ1) is 20.6. The predicted molar refractivity (Wildman–Crippen MR) is 114 cm³/mol. The Morgan fingerprint density at radius 3 is 2.65 bits per heavy atom. The van der Waals surface area contributed by atoms with Crippen molar-refractivity contribution in [3.05, 3.63) is 58.1 Å². The maximum Gasteiger partial charge on any atom is 0.297 e. The molecule has 3 aromatic heterocycles. The number of thioether (sulfide) groups is 1. The zero-order chi connectivity index (χ0) is 22.1. The smallest absolute Gasteiger partial charge is 0.297 e. The van der Waals surface area contributed by atoms with E-state index in [2.05, 4.69) is 26.0 Å². The van der Waals surface area contributed by atoms with Crippen LogP contribution in [0.25, 0.3) is 11.4 Å². The van der Waals surface area contributed by atoms with Gasteiger partial charge in [0, 0.05) is 13.1 Å². The third-order valence-corrected chi connectivity index (χ3v) is 5.74. The molecule has 160 valence electrons. The summed E-state index contributed by atoms with van der Waals surface area (Å²) in [6, 6.07) is 10.9. The van der Waals surface area contributed by atoms with Gasteiger partial charge in [-0.1, -0.05) is 35.1 Å². The lowest BCUT2D eigenvalue weighted by Crippen LogP contribution is -2.24. The Labute approximate surface area is 181 Å². The summed E-state index contributed by atoms with van der Waals surface area (Å²) >= 11 is 1.13. The molecule has 12 heteroatoms. The molecule has 0 fully saturated rings. The van der Waals surface area contributed by atoms with Gasteiger partial charge in [0.2, 0.25) is 16.9 Å². The molecule has 0 bridgehead atoms. The molecule has 4 rings (SSSR count). The minimum atomic E-state index is -0.560. The Bertz CT molecular complexity index is 1290. The van der Waals surface area contributed by atoms with Crippen LogP contribution >= 0.6 is 11.8 Å². The lowest BCUT2D eigenvalue weighted by Gasteiger charge is -2.09. The molecule has 0 saturated carbocycles. The van der Waals surface area contributed by atoms with Crippen molar-refractivity contribution >= 4 is 23.6 Å². The number of benzene rings is 1. The van der Waals surface area contributed by atoms with Gasteiger partial charge in [-0.3, -0.25) is 19.6 Å². The highest BCUT2D eigenvalue weighted by Crippen LogP contribution is 2.24. The summed E-state index contributed by atoms with van der Waals surface area (Å²) < 4.78 is 9.67. The van der Waals surface area contributed by atoms with E-state index in [9.17, 15) is 9.59 Å². The van der Waals surface area contributed by atoms with Crippen molar-refractivity contribution in [2.24, 2.45) is 7.05 Å². The van der Waals surface area contributed by atoms with Crippen LogP contribution in [0.2, 0.25) is 0 Å². The molecule has 1 atom stereocenters. The van der Waals surface area contributed by atoms with Crippen molar-refractivity contribution < 1.29 is 9.32 Å². The molecule has 1 N–H and O–H groups in total. The van der Waals surface area contributed by atoms with Crippen LogP contribution in [-0.4, -0.2) is 45.9 Å². The number of para-hydroxylation sites is 1. The molecule has 1 aromatic carbocycles. The minimum absolute atomic E-state index is 0.263. The Morgan fingerprint density at radius 2 is 1.97 bits per heavy atom. The van der Waals surface area contributed by atoms with Crippen molar-refractivity contribution in [2.45, 2.75) is 31.2 Å². The Morgan fingerprint density at radius 1 is 1.23 bits per heavy atom. The van der Waals surface area contributed by atoms with Gasteiger partial charge in [-0.2, -0.15) is 4.68 Å². The monoisotopic (exact) mass is 440 g/mol. The average Bonchev–Trinajstić information content (AvgIpc) is 3.42. The third kappa shape index (κ3) is 3.89. The van der Waals surface area contributed by atoms with E-state index in [4.69, 9.17) is 4.52 Å². The van der Waals surface area contributed by atoms with Crippen molar-refractivity contribution in [1.29, 1.82) is 0 Å². The Kier molecular flexibility index (Phi) is 5.46. The fourth-order valence-electron chi connectivity index (χ4n) is 3.05. The number of nitrogens with zero attached hydrogens (tertiary/aromatic N) is 7. The van der Waals surface area contributed by atoms with Crippen molar-refractivity contribution in [2.75, 3.05) is 5.32 Å². The molecule has 1 amide bonds. The normalized spacial score (nSPS) is 12.1. The molecular weight excluding hydrogens is 420 g/mol. The summed E-state index contributed by atoms with van der Waals surface area (Å²) in [6.45, 7) is 5.28. The number of rotatable bonds is 6. The topological polar surface area (TPSA) is 126 Å². The van der Waals surface area contributed by atoms with Crippen molar-refractivity contribution in [3.63, 3.8) is 0 Å². The number of carbonyl (C=O) groups excluding carboxylic acids is 1. The maximum atomic E-state index is 13.2. The maximum absolute atomic E-state index is 13.2. The predicted octanol–water partition coefficient (Wildman–Crippen LogP) is 1.88. The van der Waals surface area contributed by atoms with Crippen LogP contribution in [0, 0.1) is 13.8 Å². The van der Waals surface area contributed by atoms with E-state index in [-0.39, 0.29) is 17.4 Å². The zero-order valence-corrected chi connectivity index (χ0v) is 18.1. The van der Waals surface area contributed by atoms with E-state index in [1.165, 1.54) is 4.68 Å². The molecule has 31 heavy (non-hydrogen) atoms. The molecule has 0 radical (unpaired) electrons. The van der Waals surface area contributed by atoms with E-state index in [0.717, 1.165) is 17.4 Å². The summed E-state index contributed by atoms with van der Waals surface area (Å²) in [6.07, 6.45) is 0. The second-order valence-corrected chi connectivity index (χ2v) is 8.17. The second kappa shape index (κ2) is 8.22. The number of hydrogen-bond acceptors (Lipinski definition) is 8. The van der Waals surface area contributed by atoms with Gasteiger partial charge >= 0.3 is 0 Å². The highest BCUT2D eigenvalue weighted by atomic mass is 32.2. The number of tetrazole rings is 1. The van der Waals surface area contributed by atoms with Gasteiger partial charge in [0.05, 0.1) is 22.3 Å². The molecule has 1 unspecified atom stereocenters. The summed E-state index contributed by atoms with van der Waals surface area (Å²) in [5.74, 6) is -0.0404. The number of amides is 1. The quantitative estimate of drug-likeness (QED) is 0.451. The molecule has 11 nitrogen and oxygen atoms in total. The Balaban J connectivity index is 1.63. The van der Waals surface area contributed by atoms with Crippen molar-refractivity contribution in [1.82, 2.24) is 34.7 Å². The summed E-state index contributed by atoms with van der Waals surface area (Å²) in [5, 5.41) is 17.9. The second-order valence-electron chi connectivity index (χ2n) is 6.87. The average molecular weight is 440 g/mol. The van der Waals surface area contributed by atoms with Crippen LogP contribution in [0.1, 0.15) is 18.3 Å². The first-order valence-electron chi connectivity index (χ1n) is 9.40. The van der Waals surface area contributed by atoms with E-state index < -0.39 is 5.25 Å². The van der Waals surface area contributed by atoms with E-state index in [1.54, 1.807) is 36.3 Å². The number of aromatic nitrogens is 7. The molecule has 0 saturated heterocycles. The standard InChI is InChI=1S/C19H20N8O3S/c1-11-10-15(30-22-11)20-17(28)13(3)31-19-21-23-24-26(19)16-12(2)25(4)27(18(16)29)14-8-6-5-7-9-14/h5-10,13H,1-4H3,(H,20,28). The summed E-state index contributed by atoms with van der Waals surface area (Å²) in [4.78, 5) is 25.7. The Hall–Kier alpha value is -3.67. The van der Waals surface area contributed by atoms with E-state index in [1.807, 2.05) is 37.3 Å². The molecule has 0 aliphatic carbocycles. The molecule has 0 aliphatic heterocycles. The van der Waals surface area contributed by atoms with Gasteiger partial charge in [-0.15, -0.1) is 5.10 Å². The first-order chi connectivity index (χ1) is 14.9. The molecular formula is C19H20N8O3S. The minimum Gasteiger partial charge on any atom is -0.338 e. The SMILES string of the molecule is Cc1cc(NC(=O)C(C)Sc2nnnn2-c2c(C)n(C)n(-c3ccccc3)c2=O)on1. The van der Waals surface area contributed by atoms with Crippen LogP contribution in [-0.2, 0) is 11.8 Å². The van der Waals surface area contributed by atoms with Gasteiger partial charge in [-0.25, -0.2) is 4.68 Å². The number of anilines is 1. The van der Waals surface area contributed by atoms with Gasteiger partial charge in [-0.05, 0) is 43.3 Å². The summed E-state index contributed by atoms with van der Waals surface area (Å²) in [7, 11) is 1.79. The number of aryl methyl sites for hydroxylation is 1. The lowest BCUT2D eigenvalue weighted by atomic mass is 10.3. The fourth-order valence-corrected chi connectivity index (χ4v) is 3.84. The number of carbonyl (C=O) groups is 1. The van der Waals surface area contributed by atoms with E-state index in [0.29, 0.717) is 22.2 Å². The highest BCUT2D eigenvalue weighted by molar-refractivity contribution is 8.00. The van der Waals surface area contributed by atoms with Crippen LogP contribution in [0.5, 0.6) is 0 Å². The number of hydrogen-bond donors (Lipinski definition) is 1. The molecule has 3 heterocycles. The zero-order valence-electron chi connectivity index (χ0n) is 17.3. The lowest BCUT2D eigenvalue weighted by molar-refractivity contribution is -0.115. The van der Waals surface area contributed by atoms with Gasteiger partial charge in [0.15, 0.2) is 5.69 Å². The van der Waals surface area contributed by atoms with Gasteiger partial charge in [0.1, 0.15) is 0 Å². The van der Waals surface area contributed by atoms with Gasteiger partial charge < -0.3 is 4.52 Å². The largest absolute Gasteiger partial charge is 0.338 e. The highest BCUT2D eigenvalue weighted by Gasteiger charge is 2.25. The van der Waals surface area contributed by atoms with Crippen LogP contribution < -0.4 is 10.9 Å². The molecule has 0 aliphatic rings. The van der Waals surface area contributed by atoms with Crippen LogP contribution in [0.15, 0.2) is 50.9 Å².